The zero-order chi connectivity index (χ0) is 13.9. The Bertz CT molecular complexity index is 506. The number of rotatable bonds is 5. The van der Waals surface area contributed by atoms with Crippen LogP contribution in [0.5, 0.6) is 0 Å². The van der Waals surface area contributed by atoms with Gasteiger partial charge in [0, 0.05) is 32.0 Å². The fourth-order valence-electron chi connectivity index (χ4n) is 2.53. The molecule has 1 aromatic carbocycles. The van der Waals surface area contributed by atoms with Gasteiger partial charge in [0.15, 0.2) is 0 Å². The van der Waals surface area contributed by atoms with E-state index in [2.05, 4.69) is 5.32 Å². The lowest BCUT2D eigenvalue weighted by molar-refractivity contribution is -0.128. The van der Waals surface area contributed by atoms with Crippen molar-refractivity contribution in [3.05, 3.63) is 35.4 Å². The van der Waals surface area contributed by atoms with Crippen LogP contribution in [0.4, 0.5) is 0 Å². The molecule has 20 heavy (non-hydrogen) atoms. The van der Waals surface area contributed by atoms with Gasteiger partial charge in [0.1, 0.15) is 0 Å². The summed E-state index contributed by atoms with van der Waals surface area (Å²) in [6.07, 6.45) is 3.73. The van der Waals surface area contributed by atoms with E-state index < -0.39 is 0 Å². The fourth-order valence-corrected chi connectivity index (χ4v) is 2.53. The van der Waals surface area contributed by atoms with E-state index in [0.717, 1.165) is 36.9 Å². The second kappa shape index (κ2) is 5.65. The highest BCUT2D eigenvalue weighted by Crippen LogP contribution is 2.28. The first-order chi connectivity index (χ1) is 9.72. The van der Waals surface area contributed by atoms with Crippen molar-refractivity contribution in [3.8, 4) is 0 Å². The lowest BCUT2D eigenvalue weighted by Gasteiger charge is -2.15. The van der Waals surface area contributed by atoms with Crippen LogP contribution in [0.15, 0.2) is 24.3 Å². The summed E-state index contributed by atoms with van der Waals surface area (Å²) >= 11 is 0. The summed E-state index contributed by atoms with van der Waals surface area (Å²) in [5.41, 5.74) is 2.26. The zero-order valence-corrected chi connectivity index (χ0v) is 11.6. The van der Waals surface area contributed by atoms with E-state index in [1.807, 2.05) is 29.2 Å². The molecular weight excluding hydrogens is 252 g/mol. The highest BCUT2D eigenvalue weighted by Gasteiger charge is 2.29. The Hall–Kier alpha value is -1.84. The number of benzene rings is 1. The molecule has 1 N–H and O–H groups in total. The van der Waals surface area contributed by atoms with Crippen molar-refractivity contribution < 1.29 is 9.59 Å². The van der Waals surface area contributed by atoms with Crippen molar-refractivity contribution in [1.29, 1.82) is 0 Å². The van der Waals surface area contributed by atoms with Crippen molar-refractivity contribution in [2.24, 2.45) is 5.92 Å². The van der Waals surface area contributed by atoms with Crippen molar-refractivity contribution in [3.63, 3.8) is 0 Å². The summed E-state index contributed by atoms with van der Waals surface area (Å²) < 4.78 is 0. The second-order valence-corrected chi connectivity index (χ2v) is 5.73. The molecular formula is C16H20N2O2. The highest BCUT2D eigenvalue weighted by atomic mass is 16.2. The molecule has 2 amide bonds. The molecule has 106 valence electrons. The quantitative estimate of drug-likeness (QED) is 0.889. The molecule has 4 nitrogen and oxygen atoms in total. The Morgan fingerprint density at radius 1 is 1.20 bits per heavy atom. The number of carbonyl (C=O) groups excluding carboxylic acids is 2. The predicted octanol–water partition coefficient (Wildman–Crippen LogP) is 1.84. The van der Waals surface area contributed by atoms with E-state index in [0.29, 0.717) is 19.5 Å². The van der Waals surface area contributed by atoms with Gasteiger partial charge in [-0.3, -0.25) is 9.59 Å². The van der Waals surface area contributed by atoms with Crippen LogP contribution in [0.1, 0.15) is 36.8 Å². The third kappa shape index (κ3) is 3.18. The van der Waals surface area contributed by atoms with Gasteiger partial charge in [-0.25, -0.2) is 0 Å². The lowest BCUT2D eigenvalue weighted by Crippen LogP contribution is -2.24. The minimum absolute atomic E-state index is 0.178. The number of nitrogens with zero attached hydrogens (tertiary/aromatic N) is 1. The molecule has 0 aromatic heterocycles. The van der Waals surface area contributed by atoms with Crippen LogP contribution in [0.2, 0.25) is 0 Å². The molecule has 4 heteroatoms. The van der Waals surface area contributed by atoms with Crippen LogP contribution >= 0.6 is 0 Å². The molecule has 1 aromatic rings. The Labute approximate surface area is 119 Å². The van der Waals surface area contributed by atoms with E-state index in [1.165, 1.54) is 0 Å². The maximum Gasteiger partial charge on any atom is 0.223 e. The molecule has 1 aliphatic carbocycles. The van der Waals surface area contributed by atoms with E-state index in [4.69, 9.17) is 0 Å². The van der Waals surface area contributed by atoms with Crippen LogP contribution in [0.3, 0.4) is 0 Å². The van der Waals surface area contributed by atoms with Crippen molar-refractivity contribution in [1.82, 2.24) is 10.2 Å². The number of carbonyl (C=O) groups is 2. The van der Waals surface area contributed by atoms with E-state index in [-0.39, 0.29) is 17.7 Å². The summed E-state index contributed by atoms with van der Waals surface area (Å²) in [7, 11) is 0. The maximum atomic E-state index is 11.6. The first kappa shape index (κ1) is 13.2. The van der Waals surface area contributed by atoms with Crippen LogP contribution in [0, 0.1) is 5.92 Å². The Morgan fingerprint density at radius 3 is 2.50 bits per heavy atom. The van der Waals surface area contributed by atoms with E-state index in [9.17, 15) is 9.59 Å². The minimum atomic E-state index is 0.178. The minimum Gasteiger partial charge on any atom is -0.352 e. The average Bonchev–Trinajstić information content (AvgIpc) is 3.23. The SMILES string of the molecule is O=C(NCc1ccc(CN2CCCC2=O)cc1)C1CC1. The Kier molecular flexibility index (Phi) is 3.72. The third-order valence-electron chi connectivity index (χ3n) is 3.98. The van der Waals surface area contributed by atoms with Gasteiger partial charge in [-0.05, 0) is 30.4 Å². The summed E-state index contributed by atoms with van der Waals surface area (Å²) in [4.78, 5) is 25.0. The van der Waals surface area contributed by atoms with Gasteiger partial charge in [-0.2, -0.15) is 0 Å². The molecule has 3 rings (SSSR count). The summed E-state index contributed by atoms with van der Waals surface area (Å²) in [5.74, 6) is 0.693. The van der Waals surface area contributed by atoms with Gasteiger partial charge in [-0.15, -0.1) is 0 Å². The van der Waals surface area contributed by atoms with Gasteiger partial charge in [0.05, 0.1) is 0 Å². The maximum absolute atomic E-state index is 11.6. The smallest absolute Gasteiger partial charge is 0.223 e. The normalized spacial score (nSPS) is 18.4. The number of likely N-dealkylation sites (tertiary alicyclic amines) is 1. The molecule has 2 fully saturated rings. The number of hydrogen-bond acceptors (Lipinski definition) is 2. The fraction of sp³-hybridized carbons (Fsp3) is 0.500. The van der Waals surface area contributed by atoms with Crippen molar-refractivity contribution in [2.45, 2.75) is 38.8 Å². The summed E-state index contributed by atoms with van der Waals surface area (Å²) in [5, 5.41) is 2.96. The Morgan fingerprint density at radius 2 is 1.90 bits per heavy atom. The summed E-state index contributed by atoms with van der Waals surface area (Å²) in [6.45, 7) is 2.17. The molecule has 1 heterocycles. The monoisotopic (exact) mass is 272 g/mol. The molecule has 2 aliphatic rings. The molecule has 1 saturated heterocycles. The number of hydrogen-bond donors (Lipinski definition) is 1. The number of amides is 2. The van der Waals surface area contributed by atoms with Crippen LogP contribution < -0.4 is 5.32 Å². The van der Waals surface area contributed by atoms with Crippen LogP contribution in [0.25, 0.3) is 0 Å². The highest BCUT2D eigenvalue weighted by molar-refractivity contribution is 5.80. The van der Waals surface area contributed by atoms with E-state index >= 15 is 0 Å². The zero-order valence-electron chi connectivity index (χ0n) is 11.6. The molecule has 0 unspecified atom stereocenters. The van der Waals surface area contributed by atoms with Gasteiger partial charge in [-0.1, -0.05) is 24.3 Å². The van der Waals surface area contributed by atoms with Gasteiger partial charge >= 0.3 is 0 Å². The first-order valence-corrected chi connectivity index (χ1v) is 7.36. The average molecular weight is 272 g/mol. The number of nitrogens with one attached hydrogen (secondary N) is 1. The van der Waals surface area contributed by atoms with Gasteiger partial charge in [0.25, 0.3) is 0 Å². The van der Waals surface area contributed by atoms with Gasteiger partial charge in [0.2, 0.25) is 11.8 Å². The van der Waals surface area contributed by atoms with Crippen molar-refractivity contribution >= 4 is 11.8 Å². The lowest BCUT2D eigenvalue weighted by atomic mass is 10.1. The molecule has 0 radical (unpaired) electrons. The third-order valence-corrected chi connectivity index (χ3v) is 3.98. The molecule has 0 atom stereocenters. The first-order valence-electron chi connectivity index (χ1n) is 7.36. The van der Waals surface area contributed by atoms with Crippen LogP contribution in [-0.2, 0) is 22.7 Å². The summed E-state index contributed by atoms with van der Waals surface area (Å²) in [6, 6.07) is 8.15. The Balaban J connectivity index is 1.51. The molecule has 0 spiro atoms. The molecule has 1 aliphatic heterocycles. The second-order valence-electron chi connectivity index (χ2n) is 5.73. The topological polar surface area (TPSA) is 49.4 Å². The largest absolute Gasteiger partial charge is 0.352 e. The van der Waals surface area contributed by atoms with Crippen molar-refractivity contribution in [2.75, 3.05) is 6.54 Å². The van der Waals surface area contributed by atoms with Crippen LogP contribution in [-0.4, -0.2) is 23.3 Å². The molecule has 1 saturated carbocycles. The predicted molar refractivity (Wildman–Crippen MR) is 75.7 cm³/mol. The van der Waals surface area contributed by atoms with E-state index in [1.54, 1.807) is 0 Å². The standard InChI is InChI=1S/C16H20N2O2/c19-15-2-1-9-18(15)11-13-5-3-12(4-6-13)10-17-16(20)14-7-8-14/h3-6,14H,1-2,7-11H2,(H,17,20). The van der Waals surface area contributed by atoms with Gasteiger partial charge < -0.3 is 10.2 Å². The molecule has 0 bridgehead atoms.